The van der Waals surface area contributed by atoms with Crippen LogP contribution in [0.25, 0.3) is 0 Å². The molecule has 92 valence electrons. The summed E-state index contributed by atoms with van der Waals surface area (Å²) in [5, 5.41) is 9.23. The Kier molecular flexibility index (Phi) is 2.78. The second-order valence-corrected chi connectivity index (χ2v) is 3.88. The number of ether oxygens (including phenoxy) is 3. The molecule has 4 heteroatoms. The number of para-hydroxylation sites is 1. The predicted octanol–water partition coefficient (Wildman–Crippen LogP) is 2.70. The largest absolute Gasteiger partial charge is 0.457 e. The Morgan fingerprint density at radius 3 is 2.78 bits per heavy atom. The lowest BCUT2D eigenvalue weighted by molar-refractivity contribution is 0.174. The maximum absolute atomic E-state index is 9.23. The van der Waals surface area contributed by atoms with Crippen molar-refractivity contribution in [3.05, 3.63) is 48.0 Å². The number of aliphatic hydroxyl groups is 1. The van der Waals surface area contributed by atoms with Crippen LogP contribution in [0.5, 0.6) is 23.0 Å². The highest BCUT2D eigenvalue weighted by Crippen LogP contribution is 2.37. The van der Waals surface area contributed by atoms with Gasteiger partial charge in [-0.2, -0.15) is 0 Å². The molecular formula is C14H12O4. The smallest absolute Gasteiger partial charge is 0.231 e. The van der Waals surface area contributed by atoms with Crippen LogP contribution in [0.1, 0.15) is 5.56 Å². The first-order valence-corrected chi connectivity index (χ1v) is 5.63. The van der Waals surface area contributed by atoms with E-state index in [0.717, 1.165) is 11.3 Å². The van der Waals surface area contributed by atoms with Crippen LogP contribution < -0.4 is 14.2 Å². The molecule has 4 nitrogen and oxygen atoms in total. The van der Waals surface area contributed by atoms with Gasteiger partial charge in [0.05, 0.1) is 6.61 Å². The average molecular weight is 244 g/mol. The van der Waals surface area contributed by atoms with Gasteiger partial charge in [-0.3, -0.25) is 0 Å². The standard InChI is InChI=1S/C14H12O4/c15-8-10-3-1-2-4-12(10)18-11-5-6-13-14(7-11)17-9-16-13/h1-7,15H,8-9H2. The van der Waals surface area contributed by atoms with Crippen molar-refractivity contribution in [3.8, 4) is 23.0 Å². The minimum absolute atomic E-state index is 0.0548. The second-order valence-electron chi connectivity index (χ2n) is 3.88. The molecule has 0 bridgehead atoms. The van der Waals surface area contributed by atoms with Gasteiger partial charge in [-0.05, 0) is 18.2 Å². The third-order valence-corrected chi connectivity index (χ3v) is 2.71. The van der Waals surface area contributed by atoms with Crippen molar-refractivity contribution in [1.29, 1.82) is 0 Å². The van der Waals surface area contributed by atoms with E-state index in [1.165, 1.54) is 0 Å². The van der Waals surface area contributed by atoms with Crippen LogP contribution in [-0.4, -0.2) is 11.9 Å². The monoisotopic (exact) mass is 244 g/mol. The van der Waals surface area contributed by atoms with Gasteiger partial charge in [0, 0.05) is 11.6 Å². The van der Waals surface area contributed by atoms with Crippen LogP contribution in [0.2, 0.25) is 0 Å². The highest BCUT2D eigenvalue weighted by Gasteiger charge is 2.14. The molecule has 1 heterocycles. The Balaban J connectivity index is 1.88. The van der Waals surface area contributed by atoms with Crippen LogP contribution in [-0.2, 0) is 6.61 Å². The molecule has 1 aliphatic heterocycles. The molecule has 0 fully saturated rings. The maximum Gasteiger partial charge on any atom is 0.231 e. The Hall–Kier alpha value is -2.20. The summed E-state index contributed by atoms with van der Waals surface area (Å²) in [4.78, 5) is 0. The fourth-order valence-electron chi connectivity index (χ4n) is 1.80. The molecule has 18 heavy (non-hydrogen) atoms. The predicted molar refractivity (Wildman–Crippen MR) is 65.0 cm³/mol. The summed E-state index contributed by atoms with van der Waals surface area (Å²) < 4.78 is 16.2. The summed E-state index contributed by atoms with van der Waals surface area (Å²) in [6.07, 6.45) is 0. The van der Waals surface area contributed by atoms with Crippen LogP contribution in [0.4, 0.5) is 0 Å². The maximum atomic E-state index is 9.23. The molecule has 1 aliphatic rings. The molecule has 0 saturated heterocycles. The number of fused-ring (bicyclic) bond motifs is 1. The lowest BCUT2D eigenvalue weighted by Crippen LogP contribution is -1.93. The highest BCUT2D eigenvalue weighted by atomic mass is 16.7. The zero-order chi connectivity index (χ0) is 12.4. The Morgan fingerprint density at radius 2 is 1.89 bits per heavy atom. The molecule has 1 N–H and O–H groups in total. The van der Waals surface area contributed by atoms with Gasteiger partial charge in [-0.25, -0.2) is 0 Å². The number of aliphatic hydroxyl groups excluding tert-OH is 1. The Bertz CT molecular complexity index is 565. The van der Waals surface area contributed by atoms with Gasteiger partial charge in [0.25, 0.3) is 0 Å². The zero-order valence-electron chi connectivity index (χ0n) is 9.63. The van der Waals surface area contributed by atoms with Gasteiger partial charge in [-0.15, -0.1) is 0 Å². The van der Waals surface area contributed by atoms with E-state index in [0.29, 0.717) is 17.2 Å². The van der Waals surface area contributed by atoms with Crippen LogP contribution >= 0.6 is 0 Å². The zero-order valence-corrected chi connectivity index (χ0v) is 9.63. The van der Waals surface area contributed by atoms with Crippen molar-refractivity contribution in [3.63, 3.8) is 0 Å². The fraction of sp³-hybridized carbons (Fsp3) is 0.143. The minimum Gasteiger partial charge on any atom is -0.457 e. The molecule has 0 unspecified atom stereocenters. The first kappa shape index (κ1) is 10.9. The average Bonchev–Trinajstić information content (AvgIpc) is 2.87. The first-order chi connectivity index (χ1) is 8.86. The molecule has 0 aromatic heterocycles. The molecule has 2 aromatic carbocycles. The van der Waals surface area contributed by atoms with Crippen LogP contribution in [0, 0.1) is 0 Å². The van der Waals surface area contributed by atoms with E-state index >= 15 is 0 Å². The van der Waals surface area contributed by atoms with E-state index in [-0.39, 0.29) is 13.4 Å². The topological polar surface area (TPSA) is 47.9 Å². The summed E-state index contributed by atoms with van der Waals surface area (Å²) in [6.45, 7) is 0.187. The molecule has 0 saturated carbocycles. The molecule has 0 atom stereocenters. The fourth-order valence-corrected chi connectivity index (χ4v) is 1.80. The third kappa shape index (κ3) is 1.98. The first-order valence-electron chi connectivity index (χ1n) is 5.63. The van der Waals surface area contributed by atoms with Crippen molar-refractivity contribution in [2.75, 3.05) is 6.79 Å². The minimum atomic E-state index is -0.0548. The summed E-state index contributed by atoms with van der Waals surface area (Å²) in [7, 11) is 0. The number of rotatable bonds is 3. The summed E-state index contributed by atoms with van der Waals surface area (Å²) in [5.74, 6) is 2.69. The summed E-state index contributed by atoms with van der Waals surface area (Å²) in [5.41, 5.74) is 0.746. The second kappa shape index (κ2) is 4.58. The van der Waals surface area contributed by atoms with E-state index in [1.807, 2.05) is 30.3 Å². The number of hydrogen-bond acceptors (Lipinski definition) is 4. The van der Waals surface area contributed by atoms with Crippen molar-refractivity contribution >= 4 is 0 Å². The van der Waals surface area contributed by atoms with Crippen molar-refractivity contribution in [1.82, 2.24) is 0 Å². The number of benzene rings is 2. The molecule has 0 amide bonds. The van der Waals surface area contributed by atoms with Crippen molar-refractivity contribution < 1.29 is 19.3 Å². The van der Waals surface area contributed by atoms with Crippen molar-refractivity contribution in [2.45, 2.75) is 6.61 Å². The highest BCUT2D eigenvalue weighted by molar-refractivity contribution is 5.48. The Labute approximate surface area is 104 Å². The van der Waals surface area contributed by atoms with Crippen LogP contribution in [0.15, 0.2) is 42.5 Å². The van der Waals surface area contributed by atoms with Gasteiger partial charge in [0.1, 0.15) is 11.5 Å². The summed E-state index contributed by atoms with van der Waals surface area (Å²) >= 11 is 0. The molecule has 0 radical (unpaired) electrons. The SMILES string of the molecule is OCc1ccccc1Oc1ccc2c(c1)OCO2. The third-order valence-electron chi connectivity index (χ3n) is 2.71. The van der Waals surface area contributed by atoms with Gasteiger partial charge < -0.3 is 19.3 Å². The molecular weight excluding hydrogens is 232 g/mol. The van der Waals surface area contributed by atoms with Gasteiger partial charge in [0.15, 0.2) is 11.5 Å². The van der Waals surface area contributed by atoms with E-state index in [9.17, 15) is 5.11 Å². The van der Waals surface area contributed by atoms with E-state index in [4.69, 9.17) is 14.2 Å². The van der Waals surface area contributed by atoms with E-state index in [2.05, 4.69) is 0 Å². The van der Waals surface area contributed by atoms with Crippen molar-refractivity contribution in [2.24, 2.45) is 0 Å². The molecule has 3 rings (SSSR count). The van der Waals surface area contributed by atoms with Gasteiger partial charge >= 0.3 is 0 Å². The van der Waals surface area contributed by atoms with E-state index in [1.54, 1.807) is 12.1 Å². The normalized spacial score (nSPS) is 12.5. The Morgan fingerprint density at radius 1 is 1.06 bits per heavy atom. The van der Waals surface area contributed by atoms with E-state index < -0.39 is 0 Å². The van der Waals surface area contributed by atoms with Gasteiger partial charge in [-0.1, -0.05) is 18.2 Å². The molecule has 0 aliphatic carbocycles. The summed E-state index contributed by atoms with van der Waals surface area (Å²) in [6, 6.07) is 12.7. The van der Waals surface area contributed by atoms with Crippen LogP contribution in [0.3, 0.4) is 0 Å². The lowest BCUT2D eigenvalue weighted by atomic mass is 10.2. The molecule has 0 spiro atoms. The lowest BCUT2D eigenvalue weighted by Gasteiger charge is -2.09. The van der Waals surface area contributed by atoms with Gasteiger partial charge in [0.2, 0.25) is 6.79 Å². The quantitative estimate of drug-likeness (QED) is 0.901. The molecule has 2 aromatic rings. The number of hydrogen-bond donors (Lipinski definition) is 1.